The zero-order valence-corrected chi connectivity index (χ0v) is 19.8. The molecule has 0 radical (unpaired) electrons. The van der Waals surface area contributed by atoms with E-state index in [4.69, 9.17) is 0 Å². The lowest BCUT2D eigenvalue weighted by atomic mass is 9.99. The van der Waals surface area contributed by atoms with Gasteiger partial charge in [0.1, 0.15) is 0 Å². The molecule has 27 heavy (non-hydrogen) atoms. The Hall–Kier alpha value is 0. The second kappa shape index (κ2) is 24.0. The first-order valence-electron chi connectivity index (χ1n) is 13.3. The summed E-state index contributed by atoms with van der Waals surface area (Å²) in [4.78, 5) is 0. The molecule has 1 atom stereocenters. The van der Waals surface area contributed by atoms with Crippen molar-refractivity contribution in [1.29, 1.82) is 0 Å². The highest BCUT2D eigenvalue weighted by Crippen LogP contribution is 2.16. The molecule has 0 aliphatic carbocycles. The summed E-state index contributed by atoms with van der Waals surface area (Å²) < 4.78 is 0. The maximum atomic E-state index is 2.40. The Bertz CT molecular complexity index is 244. The van der Waals surface area contributed by atoms with Crippen molar-refractivity contribution < 1.29 is 0 Å². The molecule has 164 valence electrons. The minimum absolute atomic E-state index is 0.949. The molecule has 0 aromatic rings. The van der Waals surface area contributed by atoms with Gasteiger partial charge in [0.05, 0.1) is 0 Å². The summed E-state index contributed by atoms with van der Waals surface area (Å²) >= 11 is 0. The largest absolute Gasteiger partial charge is 0.0654 e. The Labute approximate surface area is 174 Å². The molecule has 0 bridgehead atoms. The second-order valence-corrected chi connectivity index (χ2v) is 9.37. The van der Waals surface area contributed by atoms with Crippen molar-refractivity contribution in [3.8, 4) is 0 Å². The summed E-state index contributed by atoms with van der Waals surface area (Å²) in [6.07, 6.45) is 33.9. The number of hydrogen-bond donors (Lipinski definition) is 0. The van der Waals surface area contributed by atoms with E-state index in [0.717, 1.165) is 5.92 Å². The fourth-order valence-electron chi connectivity index (χ4n) is 4.13. The van der Waals surface area contributed by atoms with E-state index in [2.05, 4.69) is 20.8 Å². The van der Waals surface area contributed by atoms with Gasteiger partial charge in [-0.15, -0.1) is 0 Å². The molecule has 0 spiro atoms. The van der Waals surface area contributed by atoms with Gasteiger partial charge in [0.25, 0.3) is 0 Å². The summed E-state index contributed by atoms with van der Waals surface area (Å²) in [6.45, 7) is 7.02. The minimum Gasteiger partial charge on any atom is -0.0654 e. The quantitative estimate of drug-likeness (QED) is 0.155. The highest BCUT2D eigenvalue weighted by atomic mass is 14.0. The van der Waals surface area contributed by atoms with Crippen LogP contribution in [0.15, 0.2) is 0 Å². The van der Waals surface area contributed by atoms with E-state index in [1.165, 1.54) is 148 Å². The van der Waals surface area contributed by atoms with Crippen molar-refractivity contribution in [1.82, 2.24) is 0 Å². The first-order valence-corrected chi connectivity index (χ1v) is 13.3. The van der Waals surface area contributed by atoms with Crippen molar-refractivity contribution >= 4 is 0 Å². The molecule has 0 rings (SSSR count). The van der Waals surface area contributed by atoms with Crippen molar-refractivity contribution in [2.45, 2.75) is 168 Å². The molecule has 0 fully saturated rings. The maximum absolute atomic E-state index is 2.40. The van der Waals surface area contributed by atoms with Crippen LogP contribution >= 0.6 is 0 Å². The molecule has 0 aliphatic rings. The smallest absolute Gasteiger partial charge is 0.0445 e. The second-order valence-electron chi connectivity index (χ2n) is 9.37. The average molecular weight is 381 g/mol. The molecule has 0 aromatic heterocycles. The van der Waals surface area contributed by atoms with Crippen LogP contribution < -0.4 is 0 Å². The molecule has 0 aliphatic heterocycles. The number of hydrogen-bond acceptors (Lipinski definition) is 0. The van der Waals surface area contributed by atoms with Gasteiger partial charge in [0.2, 0.25) is 0 Å². The molecule has 0 N–H and O–H groups in total. The van der Waals surface area contributed by atoms with Crippen molar-refractivity contribution in [3.63, 3.8) is 0 Å². The summed E-state index contributed by atoms with van der Waals surface area (Å²) in [7, 11) is 0. The Balaban J connectivity index is 2.99. The predicted molar refractivity (Wildman–Crippen MR) is 127 cm³/mol. The molecule has 0 aromatic carbocycles. The van der Waals surface area contributed by atoms with Crippen LogP contribution in [0.5, 0.6) is 0 Å². The molecular weight excluding hydrogens is 324 g/mol. The van der Waals surface area contributed by atoms with Gasteiger partial charge < -0.3 is 0 Å². The molecule has 0 saturated heterocycles. The molecule has 0 heterocycles. The molecule has 0 heteroatoms. The van der Waals surface area contributed by atoms with Crippen LogP contribution in [0.3, 0.4) is 0 Å². The number of rotatable bonds is 23. The van der Waals surface area contributed by atoms with Gasteiger partial charge in [-0.1, -0.05) is 168 Å². The zero-order chi connectivity index (χ0) is 19.8. The van der Waals surface area contributed by atoms with E-state index in [-0.39, 0.29) is 0 Å². The molecule has 1 unspecified atom stereocenters. The fourth-order valence-corrected chi connectivity index (χ4v) is 4.13. The topological polar surface area (TPSA) is 0 Å². The van der Waals surface area contributed by atoms with Crippen molar-refractivity contribution in [2.75, 3.05) is 0 Å². The highest BCUT2D eigenvalue weighted by Gasteiger charge is 1.98. The summed E-state index contributed by atoms with van der Waals surface area (Å²) in [5.74, 6) is 0.949. The van der Waals surface area contributed by atoms with Gasteiger partial charge in [-0.2, -0.15) is 0 Å². The lowest BCUT2D eigenvalue weighted by Gasteiger charge is -2.07. The van der Waals surface area contributed by atoms with Crippen LogP contribution in [0.1, 0.15) is 168 Å². The Morgan fingerprint density at radius 1 is 0.370 bits per heavy atom. The van der Waals surface area contributed by atoms with Gasteiger partial charge in [-0.3, -0.25) is 0 Å². The van der Waals surface area contributed by atoms with Crippen LogP contribution in [0, 0.1) is 5.92 Å². The van der Waals surface area contributed by atoms with E-state index in [1.807, 2.05) is 0 Å². The third-order valence-corrected chi connectivity index (χ3v) is 6.50. The van der Waals surface area contributed by atoms with Crippen LogP contribution in [-0.4, -0.2) is 0 Å². The lowest BCUT2D eigenvalue weighted by Crippen LogP contribution is -1.91. The van der Waals surface area contributed by atoms with Gasteiger partial charge in [0.15, 0.2) is 0 Å². The van der Waals surface area contributed by atoms with Gasteiger partial charge in [-0.25, -0.2) is 0 Å². The Kier molecular flexibility index (Phi) is 24.0. The highest BCUT2D eigenvalue weighted by molar-refractivity contribution is 4.53. The normalized spacial score (nSPS) is 12.6. The third-order valence-electron chi connectivity index (χ3n) is 6.50. The molecule has 0 amide bonds. The SMILES string of the molecule is CCCCCCCCCCCCCCCCCCCCCCCC(C)CC. The van der Waals surface area contributed by atoms with Gasteiger partial charge in [-0.05, 0) is 5.92 Å². The Morgan fingerprint density at radius 2 is 0.630 bits per heavy atom. The zero-order valence-electron chi connectivity index (χ0n) is 19.8. The van der Waals surface area contributed by atoms with E-state index < -0.39 is 0 Å². The van der Waals surface area contributed by atoms with Gasteiger partial charge >= 0.3 is 0 Å². The number of unbranched alkanes of at least 4 members (excludes halogenated alkanes) is 20. The monoisotopic (exact) mass is 380 g/mol. The first kappa shape index (κ1) is 27.0. The van der Waals surface area contributed by atoms with Crippen LogP contribution in [0.25, 0.3) is 0 Å². The summed E-state index contributed by atoms with van der Waals surface area (Å²) in [5, 5.41) is 0. The minimum atomic E-state index is 0.949. The van der Waals surface area contributed by atoms with E-state index in [1.54, 1.807) is 0 Å². The van der Waals surface area contributed by atoms with Crippen LogP contribution in [0.2, 0.25) is 0 Å². The first-order chi connectivity index (χ1) is 13.3. The fraction of sp³-hybridized carbons (Fsp3) is 1.00. The average Bonchev–Trinajstić information content (AvgIpc) is 2.68. The predicted octanol–water partition coefficient (Wildman–Crippen LogP) is 10.6. The lowest BCUT2D eigenvalue weighted by molar-refractivity contribution is 0.468. The molecule has 0 nitrogen and oxygen atoms in total. The van der Waals surface area contributed by atoms with Gasteiger partial charge in [0, 0.05) is 0 Å². The molecular formula is C27H56. The third kappa shape index (κ3) is 24.0. The van der Waals surface area contributed by atoms with Crippen LogP contribution in [-0.2, 0) is 0 Å². The van der Waals surface area contributed by atoms with E-state index >= 15 is 0 Å². The summed E-state index contributed by atoms with van der Waals surface area (Å²) in [5.41, 5.74) is 0. The summed E-state index contributed by atoms with van der Waals surface area (Å²) in [6, 6.07) is 0. The maximum Gasteiger partial charge on any atom is -0.0445 e. The van der Waals surface area contributed by atoms with E-state index in [9.17, 15) is 0 Å². The van der Waals surface area contributed by atoms with Crippen molar-refractivity contribution in [2.24, 2.45) is 5.92 Å². The van der Waals surface area contributed by atoms with Crippen LogP contribution in [0.4, 0.5) is 0 Å². The van der Waals surface area contributed by atoms with Crippen molar-refractivity contribution in [3.05, 3.63) is 0 Å². The Morgan fingerprint density at radius 3 is 0.889 bits per heavy atom. The molecule has 0 saturated carbocycles. The standard InChI is InChI=1S/C27H56/c1-4-6-7-8-9-10-11-12-13-14-15-16-17-18-19-20-21-22-23-24-25-26-27(3)5-2/h27H,4-26H2,1-3H3. The van der Waals surface area contributed by atoms with E-state index in [0.29, 0.717) is 0 Å².